The molecule has 39 heavy (non-hydrogen) atoms. The number of amides is 3. The van der Waals surface area contributed by atoms with Crippen LogP contribution < -0.4 is 16.8 Å². The lowest BCUT2D eigenvalue weighted by molar-refractivity contribution is -0.150. The van der Waals surface area contributed by atoms with Crippen molar-refractivity contribution in [2.45, 2.75) is 16.4 Å². The van der Waals surface area contributed by atoms with Gasteiger partial charge in [-0.3, -0.25) is 19.3 Å². The summed E-state index contributed by atoms with van der Waals surface area (Å²) in [4.78, 5) is 59.8. The highest BCUT2D eigenvalue weighted by molar-refractivity contribution is 8.01. The highest BCUT2D eigenvalue weighted by Gasteiger charge is 2.54. The maximum absolute atomic E-state index is 13.0. The molecule has 2 atom stereocenters. The number of carbonyl (C=O) groups is 4. The number of oxime groups is 1. The summed E-state index contributed by atoms with van der Waals surface area (Å²) in [6.45, 7) is 0. The van der Waals surface area contributed by atoms with Crippen LogP contribution in [0.2, 0.25) is 0 Å². The minimum absolute atomic E-state index is 0.0521. The number of carboxylic acid groups (broad SMARTS) is 1. The lowest BCUT2D eigenvalue weighted by Gasteiger charge is -2.49. The third kappa shape index (κ3) is 4.83. The predicted octanol–water partition coefficient (Wildman–Crippen LogP) is -1.46. The number of carbonyl (C=O) groups excluding carboxylic acids is 3. The molecule has 2 aliphatic rings. The smallest absolute Gasteiger partial charge is 0.352 e. The number of hydrogen-bond acceptors (Lipinski definition) is 15. The van der Waals surface area contributed by atoms with Gasteiger partial charge in [0.05, 0.1) is 5.56 Å². The van der Waals surface area contributed by atoms with Gasteiger partial charge in [-0.2, -0.15) is 0 Å². The number of nitrogens with one attached hydrogen (secondary N) is 1. The normalized spacial score (nSPS) is 19.1. The molecule has 17 nitrogen and oxygen atoms in total. The van der Waals surface area contributed by atoms with Crippen molar-refractivity contribution in [2.75, 3.05) is 24.3 Å². The van der Waals surface area contributed by atoms with Crippen molar-refractivity contribution in [3.63, 3.8) is 0 Å². The molecule has 0 spiro atoms. The molecule has 0 aromatic carbocycles. The number of fused-ring (bicyclic) bond motifs is 2. The van der Waals surface area contributed by atoms with Gasteiger partial charge in [0.1, 0.15) is 34.9 Å². The average molecular weight is 592 g/mol. The first-order valence-electron chi connectivity index (χ1n) is 10.7. The van der Waals surface area contributed by atoms with Gasteiger partial charge in [0.15, 0.2) is 10.8 Å². The zero-order valence-corrected chi connectivity index (χ0v) is 22.1. The molecule has 0 radical (unpaired) electrons. The number of anilines is 1. The Morgan fingerprint density at radius 3 is 2.85 bits per heavy atom. The molecule has 5 rings (SSSR count). The molecule has 1 fully saturated rings. The zero-order valence-electron chi connectivity index (χ0n) is 19.7. The molecule has 3 aromatic rings. The number of thioether (sulfide) groups is 2. The molecule has 3 aromatic heterocycles. The number of primary amides is 1. The molecule has 5 heterocycles. The average Bonchev–Trinajstić information content (AvgIpc) is 3.56. The maximum Gasteiger partial charge on any atom is 0.352 e. The fourth-order valence-electron chi connectivity index (χ4n) is 3.83. The van der Waals surface area contributed by atoms with Crippen molar-refractivity contribution in [2.24, 2.45) is 10.9 Å². The molecule has 6 N–H and O–H groups in total. The van der Waals surface area contributed by atoms with E-state index in [9.17, 15) is 24.3 Å². The zero-order chi connectivity index (χ0) is 27.8. The van der Waals surface area contributed by atoms with Crippen molar-refractivity contribution < 1.29 is 29.1 Å². The van der Waals surface area contributed by atoms with Crippen LogP contribution in [0, 0.1) is 0 Å². The molecule has 1 saturated heterocycles. The van der Waals surface area contributed by atoms with E-state index in [0.717, 1.165) is 32.6 Å². The predicted molar refractivity (Wildman–Crippen MR) is 138 cm³/mol. The summed E-state index contributed by atoms with van der Waals surface area (Å²) in [5.41, 5.74) is 11.5. The first kappa shape index (κ1) is 26.3. The van der Waals surface area contributed by atoms with E-state index in [1.165, 1.54) is 30.3 Å². The Morgan fingerprint density at radius 1 is 1.38 bits per heavy atom. The highest BCUT2D eigenvalue weighted by atomic mass is 32.2. The van der Waals surface area contributed by atoms with Crippen LogP contribution in [-0.2, 0) is 19.2 Å². The number of thiazole rings is 1. The molecule has 0 aliphatic carbocycles. The van der Waals surface area contributed by atoms with Crippen LogP contribution in [0.3, 0.4) is 0 Å². The second-order valence-electron chi connectivity index (χ2n) is 7.85. The number of aromatic nitrogens is 6. The monoisotopic (exact) mass is 591 g/mol. The molecule has 1 unspecified atom stereocenters. The van der Waals surface area contributed by atoms with E-state index in [2.05, 4.69) is 36.1 Å². The van der Waals surface area contributed by atoms with Crippen molar-refractivity contribution in [3.05, 3.63) is 34.0 Å². The van der Waals surface area contributed by atoms with Gasteiger partial charge >= 0.3 is 5.97 Å². The molecule has 0 saturated carbocycles. The van der Waals surface area contributed by atoms with E-state index in [-0.39, 0.29) is 45.0 Å². The van der Waals surface area contributed by atoms with Gasteiger partial charge in [-0.15, -0.1) is 37.9 Å². The van der Waals surface area contributed by atoms with Gasteiger partial charge in [0.2, 0.25) is 5.65 Å². The summed E-state index contributed by atoms with van der Waals surface area (Å²) < 4.78 is 1.05. The van der Waals surface area contributed by atoms with Crippen molar-refractivity contribution in [1.29, 1.82) is 0 Å². The van der Waals surface area contributed by atoms with Crippen LogP contribution in [0.25, 0.3) is 5.65 Å². The lowest BCUT2D eigenvalue weighted by atomic mass is 10.0. The summed E-state index contributed by atoms with van der Waals surface area (Å²) in [6, 6.07) is 0.416. The third-order valence-corrected chi connectivity index (χ3v) is 8.52. The number of nitrogens with zero attached hydrogens (tertiary/aromatic N) is 8. The quantitative estimate of drug-likeness (QED) is 0.0961. The molecule has 3 amide bonds. The summed E-state index contributed by atoms with van der Waals surface area (Å²) in [5.74, 6) is -2.98. The first-order valence-corrected chi connectivity index (χ1v) is 13.7. The van der Waals surface area contributed by atoms with Gasteiger partial charge < -0.3 is 26.7 Å². The van der Waals surface area contributed by atoms with Gasteiger partial charge in [0, 0.05) is 16.9 Å². The third-order valence-electron chi connectivity index (χ3n) is 5.51. The Labute approximate surface area is 230 Å². The largest absolute Gasteiger partial charge is 0.477 e. The molecular weight excluding hydrogens is 574 g/mol. The lowest BCUT2D eigenvalue weighted by Crippen LogP contribution is -2.71. The number of rotatable bonds is 9. The minimum Gasteiger partial charge on any atom is -0.477 e. The summed E-state index contributed by atoms with van der Waals surface area (Å²) >= 11 is 3.51. The standard InChI is InChI=1S/C19H17N11O6S3/c1-36-26-10(8-5-39-19(21)22-8)15(32)23-11-16(33)29-12(18(34)35)6(4-38-17(11)29)3-37-9-2-7(13(20)31)14-24-27-28-30(14)25-9/h2,5,11,17H,3-4H2,1H3,(H2,20,31)(H2,21,22)(H,23,32)(H,34,35)/t11?,17-/m0/s1. The number of nitrogens with two attached hydrogens (primary N) is 2. The second-order valence-corrected chi connectivity index (χ2v) is 10.8. The van der Waals surface area contributed by atoms with Crippen LogP contribution in [0.15, 0.2) is 32.9 Å². The minimum atomic E-state index is -1.30. The first-order chi connectivity index (χ1) is 18.7. The van der Waals surface area contributed by atoms with E-state index in [1.54, 1.807) is 0 Å². The van der Waals surface area contributed by atoms with Crippen molar-refractivity contribution in [1.82, 2.24) is 40.5 Å². The Bertz CT molecular complexity index is 1580. The fraction of sp³-hybridized carbons (Fsp3) is 0.263. The Hall–Kier alpha value is -4.30. The number of carboxylic acids is 1. The van der Waals surface area contributed by atoms with Crippen molar-refractivity contribution >= 4 is 75.0 Å². The summed E-state index contributed by atoms with van der Waals surface area (Å²) in [7, 11) is 1.25. The number of tetrazole rings is 1. The Morgan fingerprint density at radius 2 is 2.18 bits per heavy atom. The summed E-state index contributed by atoms with van der Waals surface area (Å²) in [5, 5.41) is 32.7. The molecule has 2 aliphatic heterocycles. The van der Waals surface area contributed by atoms with Gasteiger partial charge in [0.25, 0.3) is 17.7 Å². The maximum atomic E-state index is 13.0. The van der Waals surface area contributed by atoms with Crippen LogP contribution in [-0.4, -0.2) is 99.7 Å². The number of aliphatic carboxylic acids is 1. The molecular formula is C19H17N11O6S3. The topological polar surface area (TPSA) is 246 Å². The van der Waals surface area contributed by atoms with Crippen LogP contribution in [0.1, 0.15) is 16.1 Å². The fourth-order valence-corrected chi connectivity index (χ4v) is 6.75. The molecule has 0 bridgehead atoms. The van der Waals surface area contributed by atoms with Gasteiger partial charge in [-0.1, -0.05) is 16.9 Å². The van der Waals surface area contributed by atoms with Crippen molar-refractivity contribution in [3.8, 4) is 0 Å². The highest BCUT2D eigenvalue weighted by Crippen LogP contribution is 2.41. The van der Waals surface area contributed by atoms with Crippen LogP contribution >= 0.6 is 34.9 Å². The summed E-state index contributed by atoms with van der Waals surface area (Å²) in [6.07, 6.45) is 0. The van der Waals surface area contributed by atoms with E-state index in [4.69, 9.17) is 16.3 Å². The van der Waals surface area contributed by atoms with Gasteiger partial charge in [-0.25, -0.2) is 9.78 Å². The van der Waals surface area contributed by atoms with E-state index in [0.29, 0.717) is 10.6 Å². The van der Waals surface area contributed by atoms with Gasteiger partial charge in [-0.05, 0) is 22.1 Å². The van der Waals surface area contributed by atoms with E-state index in [1.807, 2.05) is 0 Å². The molecule has 202 valence electrons. The number of hydrogen-bond donors (Lipinski definition) is 4. The second kappa shape index (κ2) is 10.5. The number of β-lactam (4-membered cyclic amide) rings is 1. The van der Waals surface area contributed by atoms with Crippen LogP contribution in [0.4, 0.5) is 5.13 Å². The number of nitrogen functional groups attached to an aromatic ring is 1. The van der Waals surface area contributed by atoms with Crippen LogP contribution in [0.5, 0.6) is 0 Å². The molecule has 20 heteroatoms. The van der Waals surface area contributed by atoms with E-state index < -0.39 is 35.1 Å². The van der Waals surface area contributed by atoms with E-state index >= 15 is 0 Å². The Kier molecular flexibility index (Phi) is 7.06. The SMILES string of the molecule is CON=C(C(=O)NC1C(=O)N2C(C(=O)O)=C(CSc3cc(C(N)=O)c4nnnn4n3)CS[C@@H]12)c1csc(N)n1. The Balaban J connectivity index is 1.33.